The lowest BCUT2D eigenvalue weighted by Crippen LogP contribution is -2.18. The molecule has 0 radical (unpaired) electrons. The molecule has 0 amide bonds. The van der Waals surface area contributed by atoms with Gasteiger partial charge in [0.15, 0.2) is 0 Å². The van der Waals surface area contributed by atoms with Crippen LogP contribution in [0.2, 0.25) is 0 Å². The Balaban J connectivity index is 2.03. The van der Waals surface area contributed by atoms with Crippen LogP contribution in [0.15, 0.2) is 24.3 Å². The van der Waals surface area contributed by atoms with Crippen LogP contribution in [0.5, 0.6) is 5.75 Å². The Labute approximate surface area is 102 Å². The summed E-state index contributed by atoms with van der Waals surface area (Å²) in [5, 5.41) is 0. The van der Waals surface area contributed by atoms with Crippen LogP contribution in [0, 0.1) is 5.92 Å². The van der Waals surface area contributed by atoms with Crippen LogP contribution < -0.4 is 10.5 Å². The van der Waals surface area contributed by atoms with E-state index in [2.05, 4.69) is 0 Å². The Hall–Kier alpha value is -1.35. The second kappa shape index (κ2) is 5.32. The first-order chi connectivity index (χ1) is 8.16. The highest BCUT2D eigenvalue weighted by molar-refractivity contribution is 5.69. The summed E-state index contributed by atoms with van der Waals surface area (Å²) in [6.45, 7) is 1.40. The molecule has 17 heavy (non-hydrogen) atoms. The van der Waals surface area contributed by atoms with Crippen LogP contribution in [-0.4, -0.2) is 5.97 Å². The maximum atomic E-state index is 10.8. The first-order valence-electron chi connectivity index (χ1n) is 6.21. The number of hydrogen-bond donors (Lipinski definition) is 1. The third-order valence-corrected chi connectivity index (χ3v) is 3.43. The van der Waals surface area contributed by atoms with Gasteiger partial charge in [-0.2, -0.15) is 0 Å². The van der Waals surface area contributed by atoms with Gasteiger partial charge in [-0.25, -0.2) is 0 Å². The van der Waals surface area contributed by atoms with E-state index in [1.54, 1.807) is 0 Å². The number of carbonyl (C=O) groups is 1. The van der Waals surface area contributed by atoms with Crippen molar-refractivity contribution in [3.63, 3.8) is 0 Å². The average Bonchev–Trinajstić information content (AvgIpc) is 2.82. The third kappa shape index (κ3) is 3.07. The minimum Gasteiger partial charge on any atom is -0.427 e. The molecule has 1 aromatic carbocycles. The van der Waals surface area contributed by atoms with E-state index in [9.17, 15) is 4.79 Å². The van der Waals surface area contributed by atoms with E-state index in [4.69, 9.17) is 10.5 Å². The molecule has 2 N–H and O–H groups in total. The van der Waals surface area contributed by atoms with E-state index in [1.807, 2.05) is 24.3 Å². The van der Waals surface area contributed by atoms with Gasteiger partial charge in [0.05, 0.1) is 0 Å². The molecule has 0 spiro atoms. The Morgan fingerprint density at radius 3 is 2.41 bits per heavy atom. The van der Waals surface area contributed by atoms with Gasteiger partial charge in [0.1, 0.15) is 5.75 Å². The molecule has 0 unspecified atom stereocenters. The van der Waals surface area contributed by atoms with E-state index < -0.39 is 0 Å². The first kappa shape index (κ1) is 12.1. The van der Waals surface area contributed by atoms with Crippen molar-refractivity contribution >= 4 is 5.97 Å². The maximum absolute atomic E-state index is 10.8. The van der Waals surface area contributed by atoms with Crippen molar-refractivity contribution in [2.24, 2.45) is 11.7 Å². The number of nitrogens with two attached hydrogens (primary N) is 1. The molecule has 1 fully saturated rings. The number of esters is 1. The molecule has 0 aromatic heterocycles. The van der Waals surface area contributed by atoms with Crippen molar-refractivity contribution in [3.8, 4) is 5.75 Å². The standard InChI is InChI=1S/C14H19NO2/c1-10(16)17-13-8-6-12(7-9-13)14(15)11-4-2-3-5-11/h6-9,11,14H,2-5,15H2,1H3/t14-/m1/s1. The zero-order valence-corrected chi connectivity index (χ0v) is 10.2. The summed E-state index contributed by atoms with van der Waals surface area (Å²) in [5.41, 5.74) is 7.38. The summed E-state index contributed by atoms with van der Waals surface area (Å²) in [5.74, 6) is 0.896. The molecular weight excluding hydrogens is 214 g/mol. The summed E-state index contributed by atoms with van der Waals surface area (Å²) < 4.78 is 4.99. The van der Waals surface area contributed by atoms with Gasteiger partial charge in [0.2, 0.25) is 0 Å². The van der Waals surface area contributed by atoms with Gasteiger partial charge in [-0.05, 0) is 36.5 Å². The van der Waals surface area contributed by atoms with Gasteiger partial charge in [-0.3, -0.25) is 4.79 Å². The molecule has 3 nitrogen and oxygen atoms in total. The number of carbonyl (C=O) groups excluding carboxylic acids is 1. The molecule has 1 atom stereocenters. The smallest absolute Gasteiger partial charge is 0.308 e. The van der Waals surface area contributed by atoms with Crippen LogP contribution in [-0.2, 0) is 4.79 Å². The summed E-state index contributed by atoms with van der Waals surface area (Å²) >= 11 is 0. The van der Waals surface area contributed by atoms with Gasteiger partial charge < -0.3 is 10.5 Å². The summed E-state index contributed by atoms with van der Waals surface area (Å²) in [6.07, 6.45) is 5.05. The van der Waals surface area contributed by atoms with Gasteiger partial charge in [0, 0.05) is 13.0 Å². The van der Waals surface area contributed by atoms with Crippen LogP contribution in [0.25, 0.3) is 0 Å². The normalized spacial score (nSPS) is 18.0. The lowest BCUT2D eigenvalue weighted by Gasteiger charge is -2.19. The molecule has 3 heteroatoms. The highest BCUT2D eigenvalue weighted by Gasteiger charge is 2.23. The molecule has 0 aliphatic heterocycles. The van der Waals surface area contributed by atoms with Crippen LogP contribution in [0.4, 0.5) is 0 Å². The fourth-order valence-electron chi connectivity index (χ4n) is 2.51. The fraction of sp³-hybridized carbons (Fsp3) is 0.500. The second-order valence-electron chi connectivity index (χ2n) is 4.73. The summed E-state index contributed by atoms with van der Waals surface area (Å²) in [6, 6.07) is 7.66. The van der Waals surface area contributed by atoms with Crippen molar-refractivity contribution in [3.05, 3.63) is 29.8 Å². The molecule has 1 saturated carbocycles. The van der Waals surface area contributed by atoms with Crippen LogP contribution in [0.3, 0.4) is 0 Å². The SMILES string of the molecule is CC(=O)Oc1ccc([C@H](N)C2CCCC2)cc1. The van der Waals surface area contributed by atoms with Gasteiger partial charge in [-0.15, -0.1) is 0 Å². The van der Waals surface area contributed by atoms with Gasteiger partial charge >= 0.3 is 5.97 Å². The Kier molecular flexibility index (Phi) is 3.79. The molecular formula is C14H19NO2. The van der Waals surface area contributed by atoms with E-state index >= 15 is 0 Å². The quantitative estimate of drug-likeness (QED) is 0.645. The lowest BCUT2D eigenvalue weighted by atomic mass is 9.92. The predicted molar refractivity (Wildman–Crippen MR) is 66.6 cm³/mol. The molecule has 0 saturated heterocycles. The van der Waals surface area contributed by atoms with Crippen LogP contribution in [0.1, 0.15) is 44.2 Å². The molecule has 1 aliphatic rings. The van der Waals surface area contributed by atoms with Gasteiger partial charge in [0.25, 0.3) is 0 Å². The summed E-state index contributed by atoms with van der Waals surface area (Å²) in [7, 11) is 0. The van der Waals surface area contributed by atoms with Crippen molar-refractivity contribution in [2.45, 2.75) is 38.6 Å². The molecule has 0 heterocycles. The molecule has 2 rings (SSSR count). The van der Waals surface area contributed by atoms with Crippen LogP contribution >= 0.6 is 0 Å². The molecule has 0 bridgehead atoms. The van der Waals surface area contributed by atoms with Crippen molar-refractivity contribution in [1.29, 1.82) is 0 Å². The number of rotatable bonds is 3. The first-order valence-corrected chi connectivity index (χ1v) is 6.21. The van der Waals surface area contributed by atoms with Crippen molar-refractivity contribution in [1.82, 2.24) is 0 Å². The molecule has 1 aliphatic carbocycles. The van der Waals surface area contributed by atoms with Crippen molar-refractivity contribution in [2.75, 3.05) is 0 Å². The minimum absolute atomic E-state index is 0.115. The molecule has 92 valence electrons. The lowest BCUT2D eigenvalue weighted by molar-refractivity contribution is -0.131. The monoisotopic (exact) mass is 233 g/mol. The predicted octanol–water partition coefficient (Wildman–Crippen LogP) is 2.80. The maximum Gasteiger partial charge on any atom is 0.308 e. The molecule has 1 aromatic rings. The number of hydrogen-bond acceptors (Lipinski definition) is 3. The Morgan fingerprint density at radius 2 is 1.88 bits per heavy atom. The van der Waals surface area contributed by atoms with Crippen molar-refractivity contribution < 1.29 is 9.53 Å². The highest BCUT2D eigenvalue weighted by atomic mass is 16.5. The Morgan fingerprint density at radius 1 is 1.29 bits per heavy atom. The average molecular weight is 233 g/mol. The minimum atomic E-state index is -0.294. The second-order valence-corrected chi connectivity index (χ2v) is 4.73. The van der Waals surface area contributed by atoms with Gasteiger partial charge in [-0.1, -0.05) is 25.0 Å². The number of benzene rings is 1. The topological polar surface area (TPSA) is 52.3 Å². The highest BCUT2D eigenvalue weighted by Crippen LogP contribution is 2.34. The fourth-order valence-corrected chi connectivity index (χ4v) is 2.51. The van der Waals surface area contributed by atoms with E-state index in [0.29, 0.717) is 11.7 Å². The Bertz CT molecular complexity index is 380. The zero-order chi connectivity index (χ0) is 12.3. The largest absolute Gasteiger partial charge is 0.427 e. The summed E-state index contributed by atoms with van der Waals surface area (Å²) in [4.78, 5) is 10.8. The third-order valence-electron chi connectivity index (χ3n) is 3.43. The zero-order valence-electron chi connectivity index (χ0n) is 10.2. The van der Waals surface area contributed by atoms with E-state index in [0.717, 1.165) is 5.56 Å². The van der Waals surface area contributed by atoms with E-state index in [-0.39, 0.29) is 12.0 Å². The van der Waals surface area contributed by atoms with E-state index in [1.165, 1.54) is 32.6 Å². The number of ether oxygens (including phenoxy) is 1.